The Bertz CT molecular complexity index is 1180. The van der Waals surface area contributed by atoms with E-state index < -0.39 is 0 Å². The molecule has 2 nitrogen and oxygen atoms in total. The zero-order valence-electron chi connectivity index (χ0n) is 15.6. The number of nitrogens with two attached hydrogens (primary N) is 1. The van der Waals surface area contributed by atoms with Crippen LogP contribution in [0.25, 0.3) is 28.7 Å². The van der Waals surface area contributed by atoms with E-state index in [1.807, 2.05) is 18.2 Å². The Kier molecular flexibility index (Phi) is 4.10. The zero-order chi connectivity index (χ0) is 18.9. The summed E-state index contributed by atoms with van der Waals surface area (Å²) >= 11 is 0. The lowest BCUT2D eigenvalue weighted by Gasteiger charge is -2.10. The number of rotatable bonds is 3. The maximum absolute atomic E-state index is 6.41. The molecule has 1 unspecified atom stereocenters. The van der Waals surface area contributed by atoms with Crippen molar-refractivity contribution in [1.82, 2.24) is 4.57 Å². The molecule has 0 spiro atoms. The van der Waals surface area contributed by atoms with E-state index >= 15 is 0 Å². The van der Waals surface area contributed by atoms with Crippen LogP contribution in [0.15, 0.2) is 91.0 Å². The summed E-state index contributed by atoms with van der Waals surface area (Å²) in [6.45, 7) is 0. The van der Waals surface area contributed by atoms with Gasteiger partial charge in [-0.3, -0.25) is 0 Å². The van der Waals surface area contributed by atoms with E-state index in [1.165, 1.54) is 16.8 Å². The van der Waals surface area contributed by atoms with Crippen LogP contribution in [0.5, 0.6) is 0 Å². The van der Waals surface area contributed by atoms with Crippen LogP contribution in [0.3, 0.4) is 0 Å². The van der Waals surface area contributed by atoms with Gasteiger partial charge in [0.25, 0.3) is 0 Å². The molecular weight excluding hydrogens is 340 g/mol. The Hall–Kier alpha value is -3.52. The minimum Gasteiger partial charge on any atom is -0.398 e. The van der Waals surface area contributed by atoms with Crippen LogP contribution < -0.4 is 5.73 Å². The Morgan fingerprint density at radius 1 is 0.750 bits per heavy atom. The van der Waals surface area contributed by atoms with Crippen molar-refractivity contribution in [3.8, 4) is 5.69 Å². The van der Waals surface area contributed by atoms with Crippen LogP contribution in [-0.4, -0.2) is 4.57 Å². The quantitative estimate of drug-likeness (QED) is 0.438. The van der Waals surface area contributed by atoms with Gasteiger partial charge in [-0.15, -0.1) is 0 Å². The average molecular weight is 362 g/mol. The van der Waals surface area contributed by atoms with Crippen LogP contribution in [0.1, 0.15) is 16.8 Å². The first-order valence-corrected chi connectivity index (χ1v) is 9.70. The highest BCUT2D eigenvalue weighted by atomic mass is 15.0. The number of hydrogen-bond donors (Lipinski definition) is 1. The molecule has 5 rings (SSSR count). The topological polar surface area (TPSA) is 30.9 Å². The van der Waals surface area contributed by atoms with Crippen molar-refractivity contribution in [3.63, 3.8) is 0 Å². The van der Waals surface area contributed by atoms with E-state index in [2.05, 4.69) is 89.5 Å². The van der Waals surface area contributed by atoms with Gasteiger partial charge in [-0.2, -0.15) is 0 Å². The number of anilines is 1. The lowest BCUT2D eigenvalue weighted by Crippen LogP contribution is -1.98. The molecule has 1 aromatic heterocycles. The maximum Gasteiger partial charge on any atom is 0.0561 e. The summed E-state index contributed by atoms with van der Waals surface area (Å²) in [5.41, 5.74) is 13.3. The standard InChI is InChI=1S/C26H22N2/c27-23-12-7-13-25-26(23)22-16-14-20(18-19-8-3-1-4-9-19)15-17-24(22)28(25)21-10-5-2-6-11-21/h1-17,20H,18,27H2. The molecule has 3 aromatic carbocycles. The Morgan fingerprint density at radius 2 is 1.46 bits per heavy atom. The van der Waals surface area contributed by atoms with Crippen LogP contribution in [-0.2, 0) is 6.42 Å². The number of aromatic nitrogens is 1. The van der Waals surface area contributed by atoms with Crippen molar-refractivity contribution in [2.75, 3.05) is 5.73 Å². The number of para-hydroxylation sites is 1. The van der Waals surface area contributed by atoms with E-state index in [4.69, 9.17) is 5.73 Å². The number of benzene rings is 3. The van der Waals surface area contributed by atoms with Gasteiger partial charge in [0.05, 0.1) is 11.2 Å². The second kappa shape index (κ2) is 6.90. The minimum absolute atomic E-state index is 0.360. The van der Waals surface area contributed by atoms with E-state index in [-0.39, 0.29) is 0 Å². The van der Waals surface area contributed by atoms with Crippen molar-refractivity contribution in [2.45, 2.75) is 6.42 Å². The van der Waals surface area contributed by atoms with Gasteiger partial charge < -0.3 is 10.3 Å². The summed E-state index contributed by atoms with van der Waals surface area (Å²) < 4.78 is 2.31. The second-order valence-corrected chi connectivity index (χ2v) is 7.28. The highest BCUT2D eigenvalue weighted by molar-refractivity contribution is 6.02. The molecule has 0 saturated carbocycles. The molecule has 0 amide bonds. The molecular formula is C26H22N2. The van der Waals surface area contributed by atoms with E-state index in [9.17, 15) is 0 Å². The van der Waals surface area contributed by atoms with Gasteiger partial charge in [-0.1, -0.05) is 72.8 Å². The molecule has 28 heavy (non-hydrogen) atoms. The molecule has 2 N–H and O–H groups in total. The van der Waals surface area contributed by atoms with Gasteiger partial charge in [0, 0.05) is 22.3 Å². The van der Waals surface area contributed by atoms with Crippen molar-refractivity contribution >= 4 is 28.7 Å². The van der Waals surface area contributed by atoms with Crippen molar-refractivity contribution in [2.24, 2.45) is 5.92 Å². The predicted molar refractivity (Wildman–Crippen MR) is 119 cm³/mol. The highest BCUT2D eigenvalue weighted by Gasteiger charge is 2.19. The minimum atomic E-state index is 0.360. The smallest absolute Gasteiger partial charge is 0.0561 e. The normalized spacial score (nSPS) is 15.5. The van der Waals surface area contributed by atoms with Gasteiger partial charge in [0.2, 0.25) is 0 Å². The average Bonchev–Trinajstić information content (AvgIpc) is 2.92. The van der Waals surface area contributed by atoms with Gasteiger partial charge in [0.15, 0.2) is 0 Å². The van der Waals surface area contributed by atoms with E-state index in [0.717, 1.165) is 28.7 Å². The number of hydrogen-bond acceptors (Lipinski definition) is 1. The largest absolute Gasteiger partial charge is 0.398 e. The van der Waals surface area contributed by atoms with Gasteiger partial charge >= 0.3 is 0 Å². The van der Waals surface area contributed by atoms with Gasteiger partial charge in [0.1, 0.15) is 0 Å². The first-order chi connectivity index (χ1) is 13.8. The summed E-state index contributed by atoms with van der Waals surface area (Å²) in [4.78, 5) is 0. The van der Waals surface area contributed by atoms with Crippen LogP contribution >= 0.6 is 0 Å². The van der Waals surface area contributed by atoms with E-state index in [1.54, 1.807) is 0 Å². The fraction of sp³-hybridized carbons (Fsp3) is 0.0769. The Balaban J connectivity index is 1.66. The third kappa shape index (κ3) is 2.84. The molecule has 4 aromatic rings. The second-order valence-electron chi connectivity index (χ2n) is 7.28. The molecule has 1 heterocycles. The molecule has 0 saturated heterocycles. The molecule has 2 heteroatoms. The van der Waals surface area contributed by atoms with Crippen molar-refractivity contribution < 1.29 is 0 Å². The van der Waals surface area contributed by atoms with Crippen LogP contribution in [0, 0.1) is 5.92 Å². The predicted octanol–water partition coefficient (Wildman–Crippen LogP) is 6.11. The van der Waals surface area contributed by atoms with Crippen molar-refractivity contribution in [1.29, 1.82) is 0 Å². The first kappa shape index (κ1) is 16.6. The molecule has 1 aliphatic carbocycles. The van der Waals surface area contributed by atoms with Crippen LogP contribution in [0.4, 0.5) is 5.69 Å². The molecule has 136 valence electrons. The fourth-order valence-electron chi connectivity index (χ4n) is 4.12. The summed E-state index contributed by atoms with van der Waals surface area (Å²) in [6, 6.07) is 27.3. The monoisotopic (exact) mass is 362 g/mol. The van der Waals surface area contributed by atoms with Crippen molar-refractivity contribution in [3.05, 3.63) is 108 Å². The molecule has 1 aliphatic rings. The number of nitrogen functional groups attached to an aromatic ring is 1. The van der Waals surface area contributed by atoms with Gasteiger partial charge in [-0.25, -0.2) is 0 Å². The zero-order valence-corrected chi connectivity index (χ0v) is 15.6. The number of allylic oxidation sites excluding steroid dienone is 2. The fourth-order valence-corrected chi connectivity index (χ4v) is 4.12. The first-order valence-electron chi connectivity index (χ1n) is 9.70. The summed E-state index contributed by atoms with van der Waals surface area (Å²) in [5, 5.41) is 1.13. The number of nitrogens with zero attached hydrogens (tertiary/aromatic N) is 1. The third-order valence-electron chi connectivity index (χ3n) is 5.44. The Morgan fingerprint density at radius 3 is 2.25 bits per heavy atom. The molecule has 0 fully saturated rings. The highest BCUT2D eigenvalue weighted by Crippen LogP contribution is 2.37. The molecule has 0 radical (unpaired) electrons. The summed E-state index contributed by atoms with van der Waals surface area (Å²) in [6.07, 6.45) is 10.1. The van der Waals surface area contributed by atoms with Gasteiger partial charge in [-0.05, 0) is 48.2 Å². The maximum atomic E-state index is 6.41. The molecule has 0 bridgehead atoms. The summed E-state index contributed by atoms with van der Waals surface area (Å²) in [7, 11) is 0. The Labute approximate surface area is 165 Å². The SMILES string of the molecule is Nc1cccc2c1c1c(n2-c2ccccc2)C=CC(Cc2ccccc2)C=C1. The lowest BCUT2D eigenvalue weighted by atomic mass is 9.98. The third-order valence-corrected chi connectivity index (χ3v) is 5.44. The summed E-state index contributed by atoms with van der Waals surface area (Å²) in [5.74, 6) is 0.360. The molecule has 0 aliphatic heterocycles. The van der Waals surface area contributed by atoms with Crippen LogP contribution in [0.2, 0.25) is 0 Å². The molecule has 1 atom stereocenters. The van der Waals surface area contributed by atoms with E-state index in [0.29, 0.717) is 5.92 Å². The lowest BCUT2D eigenvalue weighted by molar-refractivity contribution is 0.813. The number of fused-ring (bicyclic) bond motifs is 3.